The van der Waals surface area contributed by atoms with Gasteiger partial charge in [-0.1, -0.05) is 64.1 Å². The third-order valence-electron chi connectivity index (χ3n) is 4.79. The lowest BCUT2D eigenvalue weighted by Crippen LogP contribution is -2.44. The third kappa shape index (κ3) is 12.3. The molecule has 0 aliphatic heterocycles. The van der Waals surface area contributed by atoms with E-state index in [1.807, 2.05) is 76.3 Å². The molecular formula is C26H43N3O3. The molecule has 1 aromatic carbocycles. The summed E-state index contributed by atoms with van der Waals surface area (Å²) in [6.07, 6.45) is 11.1. The summed E-state index contributed by atoms with van der Waals surface area (Å²) in [6.45, 7) is 8.00. The van der Waals surface area contributed by atoms with Gasteiger partial charge < -0.3 is 21.1 Å². The molecule has 2 aliphatic carbocycles. The monoisotopic (exact) mass is 445 g/mol. The Hall–Kier alpha value is -2.60. The van der Waals surface area contributed by atoms with Gasteiger partial charge in [0.1, 0.15) is 5.76 Å². The maximum atomic E-state index is 12.1. The van der Waals surface area contributed by atoms with Gasteiger partial charge in [-0.25, -0.2) is 4.79 Å². The Balaban J connectivity index is 0.00000148. The Morgan fingerprint density at radius 2 is 1.47 bits per heavy atom. The van der Waals surface area contributed by atoms with Gasteiger partial charge >= 0.3 is 6.09 Å². The predicted molar refractivity (Wildman–Crippen MR) is 133 cm³/mol. The van der Waals surface area contributed by atoms with Crippen LogP contribution in [-0.2, 0) is 16.0 Å². The molecule has 0 aromatic heterocycles. The highest BCUT2D eigenvalue weighted by Gasteiger charge is 2.24. The van der Waals surface area contributed by atoms with Gasteiger partial charge in [-0.05, 0) is 63.3 Å². The number of allylic oxidation sites excluding steroid dienone is 3. The molecule has 180 valence electrons. The van der Waals surface area contributed by atoms with Crippen LogP contribution in [0.15, 0.2) is 54.3 Å². The zero-order valence-corrected chi connectivity index (χ0v) is 20.5. The van der Waals surface area contributed by atoms with Crippen LogP contribution in [0.1, 0.15) is 71.8 Å². The zero-order valence-electron chi connectivity index (χ0n) is 20.5. The number of amides is 2. The molecule has 1 fully saturated rings. The molecular weight excluding hydrogens is 402 g/mol. The average Bonchev–Trinajstić information content (AvgIpc) is 2.85. The van der Waals surface area contributed by atoms with Gasteiger partial charge in [0, 0.05) is 12.1 Å². The van der Waals surface area contributed by atoms with E-state index in [9.17, 15) is 9.59 Å². The first-order valence-electron chi connectivity index (χ1n) is 11.9. The molecule has 3 rings (SSSR count). The van der Waals surface area contributed by atoms with Crippen molar-refractivity contribution in [1.29, 1.82) is 0 Å². The number of ether oxygens (including phenoxy) is 1. The first-order valence-corrected chi connectivity index (χ1v) is 11.9. The number of hydrogen-bond acceptors (Lipinski definition) is 4. The van der Waals surface area contributed by atoms with Gasteiger partial charge in [0.05, 0.1) is 6.42 Å². The zero-order chi connectivity index (χ0) is 24.2. The van der Waals surface area contributed by atoms with Crippen LogP contribution < -0.4 is 16.4 Å². The fraction of sp³-hybridized carbons (Fsp3) is 0.538. The fourth-order valence-electron chi connectivity index (χ4n) is 3.41. The molecule has 2 aliphatic rings. The van der Waals surface area contributed by atoms with Crippen LogP contribution in [0.3, 0.4) is 0 Å². The van der Waals surface area contributed by atoms with E-state index in [0.717, 1.165) is 44.1 Å². The third-order valence-corrected chi connectivity index (χ3v) is 4.79. The van der Waals surface area contributed by atoms with Crippen molar-refractivity contribution in [2.24, 2.45) is 5.73 Å². The van der Waals surface area contributed by atoms with Gasteiger partial charge in [-0.3, -0.25) is 4.79 Å². The van der Waals surface area contributed by atoms with Crippen molar-refractivity contribution in [2.75, 3.05) is 7.05 Å². The molecule has 0 bridgehead atoms. The van der Waals surface area contributed by atoms with Gasteiger partial charge in [-0.2, -0.15) is 0 Å². The minimum atomic E-state index is -0.389. The highest BCUT2D eigenvalue weighted by Crippen LogP contribution is 2.19. The Morgan fingerprint density at radius 1 is 0.906 bits per heavy atom. The number of carbonyl (C=O) groups excluding carboxylic acids is 2. The molecule has 0 spiro atoms. The van der Waals surface area contributed by atoms with Crippen molar-refractivity contribution < 1.29 is 14.3 Å². The molecule has 1 aromatic rings. The average molecular weight is 446 g/mol. The number of rotatable bonds is 5. The summed E-state index contributed by atoms with van der Waals surface area (Å²) in [6, 6.07) is 10.0. The number of nitrogens with one attached hydrogen (secondary N) is 2. The minimum Gasteiger partial charge on any atom is -0.411 e. The summed E-state index contributed by atoms with van der Waals surface area (Å²) < 4.78 is 5.31. The van der Waals surface area contributed by atoms with Crippen molar-refractivity contribution in [3.8, 4) is 0 Å². The second-order valence-electron chi connectivity index (χ2n) is 6.90. The summed E-state index contributed by atoms with van der Waals surface area (Å²) in [4.78, 5) is 24.1. The van der Waals surface area contributed by atoms with E-state index in [4.69, 9.17) is 4.74 Å². The second kappa shape index (κ2) is 19.1. The maximum Gasteiger partial charge on any atom is 0.412 e. The highest BCUT2D eigenvalue weighted by molar-refractivity contribution is 5.78. The number of hydrogen-bond donors (Lipinski definition) is 3. The maximum absolute atomic E-state index is 12.1. The molecule has 2 amide bonds. The molecule has 1 saturated carbocycles. The van der Waals surface area contributed by atoms with Crippen molar-refractivity contribution in [1.82, 2.24) is 10.6 Å². The summed E-state index contributed by atoms with van der Waals surface area (Å²) in [5.41, 5.74) is 5.52. The highest BCUT2D eigenvalue weighted by atomic mass is 16.6. The van der Waals surface area contributed by atoms with Gasteiger partial charge in [0.2, 0.25) is 5.91 Å². The van der Waals surface area contributed by atoms with Crippen LogP contribution in [0.2, 0.25) is 0 Å². The Bertz CT molecular complexity index is 679. The largest absolute Gasteiger partial charge is 0.412 e. The van der Waals surface area contributed by atoms with Crippen LogP contribution in [0.4, 0.5) is 4.79 Å². The lowest BCUT2D eigenvalue weighted by Gasteiger charge is -2.29. The molecule has 0 heterocycles. The quantitative estimate of drug-likeness (QED) is 0.577. The van der Waals surface area contributed by atoms with E-state index < -0.39 is 0 Å². The lowest BCUT2D eigenvalue weighted by molar-refractivity contribution is -0.121. The SMILES string of the molecule is CC.CC.CN.O=C(Cc1ccccc1)NC1CCC(NC(=O)OC2=CCCC=C2)CC1. The summed E-state index contributed by atoms with van der Waals surface area (Å²) in [5, 5.41) is 6.04. The van der Waals surface area contributed by atoms with E-state index >= 15 is 0 Å². The molecule has 0 saturated heterocycles. The molecule has 4 N–H and O–H groups in total. The van der Waals surface area contributed by atoms with E-state index in [1.54, 1.807) is 0 Å². The summed E-state index contributed by atoms with van der Waals surface area (Å²) in [7, 11) is 1.50. The van der Waals surface area contributed by atoms with E-state index in [1.165, 1.54) is 7.05 Å². The lowest BCUT2D eigenvalue weighted by atomic mass is 9.91. The molecule has 0 unspecified atom stereocenters. The number of nitrogens with two attached hydrogens (primary N) is 1. The molecule has 0 atom stereocenters. The van der Waals surface area contributed by atoms with Crippen LogP contribution in [-0.4, -0.2) is 31.1 Å². The number of carbonyl (C=O) groups is 2. The topological polar surface area (TPSA) is 93.5 Å². The van der Waals surface area contributed by atoms with Crippen molar-refractivity contribution in [3.05, 3.63) is 59.9 Å². The smallest absolute Gasteiger partial charge is 0.411 e. The number of alkyl carbamates (subject to hydrolysis) is 1. The summed E-state index contributed by atoms with van der Waals surface area (Å²) >= 11 is 0. The van der Waals surface area contributed by atoms with Crippen LogP contribution in [0, 0.1) is 0 Å². The minimum absolute atomic E-state index is 0.0584. The van der Waals surface area contributed by atoms with Gasteiger partial charge in [0.25, 0.3) is 0 Å². The van der Waals surface area contributed by atoms with E-state index in [0.29, 0.717) is 12.2 Å². The van der Waals surface area contributed by atoms with Crippen molar-refractivity contribution in [2.45, 2.75) is 84.7 Å². The predicted octanol–water partition coefficient (Wildman–Crippen LogP) is 5.24. The van der Waals surface area contributed by atoms with E-state index in [-0.39, 0.29) is 24.1 Å². The van der Waals surface area contributed by atoms with Gasteiger partial charge in [0.15, 0.2) is 0 Å². The molecule has 0 radical (unpaired) electrons. The van der Waals surface area contributed by atoms with E-state index in [2.05, 4.69) is 16.4 Å². The normalized spacial score (nSPS) is 18.6. The van der Waals surface area contributed by atoms with Crippen LogP contribution in [0.5, 0.6) is 0 Å². The molecule has 6 heteroatoms. The number of benzene rings is 1. The van der Waals surface area contributed by atoms with Crippen molar-refractivity contribution >= 4 is 12.0 Å². The van der Waals surface area contributed by atoms with Crippen LogP contribution in [0.25, 0.3) is 0 Å². The first kappa shape index (κ1) is 29.4. The first-order chi connectivity index (χ1) is 15.7. The van der Waals surface area contributed by atoms with Crippen molar-refractivity contribution in [3.63, 3.8) is 0 Å². The Morgan fingerprint density at radius 3 is 2.00 bits per heavy atom. The standard InChI is InChI=1S/C21H26N2O3.2C2H6.CH5N/c24-20(15-16-7-3-1-4-8-16)22-17-11-13-18(14-12-17)23-21(25)26-19-9-5-2-6-10-19;3*1-2/h1,3-5,7-10,17-18H,2,6,11-15H2,(H,22,24)(H,23,25);2*1-2H3;2H2,1H3. The second-order valence-corrected chi connectivity index (χ2v) is 6.90. The molecule has 6 nitrogen and oxygen atoms in total. The summed E-state index contributed by atoms with van der Waals surface area (Å²) in [5.74, 6) is 0.679. The van der Waals surface area contributed by atoms with Gasteiger partial charge in [-0.15, -0.1) is 0 Å². The Kier molecular flexibility index (Phi) is 17.6. The van der Waals surface area contributed by atoms with Crippen LogP contribution >= 0.6 is 0 Å². The Labute approximate surface area is 194 Å². The fourth-order valence-corrected chi connectivity index (χ4v) is 3.41. The molecule has 32 heavy (non-hydrogen) atoms.